The maximum absolute atomic E-state index is 5.96. The van der Waals surface area contributed by atoms with Gasteiger partial charge in [0.1, 0.15) is 5.71 Å². The lowest BCUT2D eigenvalue weighted by Gasteiger charge is -2.30. The molecule has 2 unspecified atom stereocenters. The summed E-state index contributed by atoms with van der Waals surface area (Å²) >= 11 is 5.96. The van der Waals surface area contributed by atoms with Crippen LogP contribution in [0, 0.1) is 5.92 Å². The molecule has 0 N–H and O–H groups in total. The van der Waals surface area contributed by atoms with E-state index < -0.39 is 0 Å². The molecule has 0 radical (unpaired) electrons. The highest BCUT2D eigenvalue weighted by Crippen LogP contribution is 2.29. The highest BCUT2D eigenvalue weighted by atomic mass is 35.5. The van der Waals surface area contributed by atoms with Gasteiger partial charge in [-0.25, -0.2) is 0 Å². The predicted octanol–water partition coefficient (Wildman–Crippen LogP) is 2.88. The zero-order valence-electron chi connectivity index (χ0n) is 10.8. The highest BCUT2D eigenvalue weighted by Gasteiger charge is 2.40. The summed E-state index contributed by atoms with van der Waals surface area (Å²) in [5, 5.41) is 10.9. The Balaban J connectivity index is 1.93. The van der Waals surface area contributed by atoms with Crippen LogP contribution in [0.25, 0.3) is 0 Å². The molecule has 4 nitrogen and oxygen atoms in total. The molecule has 1 aromatic carbocycles. The number of hydrogen-bond donors (Lipinski definition) is 0. The van der Waals surface area contributed by atoms with Crippen LogP contribution in [0.2, 0.25) is 0 Å². The number of oxime groups is 1. The molecule has 2 heterocycles. The van der Waals surface area contributed by atoms with Crippen molar-refractivity contribution in [1.82, 2.24) is 0 Å². The van der Waals surface area contributed by atoms with Gasteiger partial charge in [-0.3, -0.25) is 5.01 Å². The number of benzene rings is 1. The Hall–Kier alpha value is -1.55. The summed E-state index contributed by atoms with van der Waals surface area (Å²) in [6, 6.07) is 10.2. The zero-order chi connectivity index (χ0) is 13.2. The molecule has 0 aromatic heterocycles. The number of anilines is 1. The summed E-state index contributed by atoms with van der Waals surface area (Å²) < 4.78 is 0. The van der Waals surface area contributed by atoms with Crippen LogP contribution in [-0.2, 0) is 4.84 Å². The predicted molar refractivity (Wildman–Crippen MR) is 78.0 cm³/mol. The number of fused-ring (bicyclic) bond motifs is 1. The molecule has 2 atom stereocenters. The average Bonchev–Trinajstić information content (AvgIpc) is 2.90. The average molecular weight is 278 g/mol. The van der Waals surface area contributed by atoms with Crippen molar-refractivity contribution in [3.05, 3.63) is 30.3 Å². The maximum Gasteiger partial charge on any atom is 0.151 e. The summed E-state index contributed by atoms with van der Waals surface area (Å²) in [6.45, 7) is 2.85. The molecule has 0 bridgehead atoms. The monoisotopic (exact) mass is 277 g/mol. The van der Waals surface area contributed by atoms with E-state index in [1.807, 2.05) is 23.2 Å². The molecule has 3 rings (SSSR count). The van der Waals surface area contributed by atoms with Crippen LogP contribution < -0.4 is 5.01 Å². The van der Waals surface area contributed by atoms with Crippen LogP contribution in [0.4, 0.5) is 5.69 Å². The molecule has 0 aliphatic carbocycles. The van der Waals surface area contributed by atoms with Crippen molar-refractivity contribution in [1.29, 1.82) is 0 Å². The van der Waals surface area contributed by atoms with Gasteiger partial charge in [-0.1, -0.05) is 30.3 Å². The van der Waals surface area contributed by atoms with E-state index in [4.69, 9.17) is 16.4 Å². The summed E-state index contributed by atoms with van der Waals surface area (Å²) in [6.07, 6.45) is 0.803. The minimum Gasteiger partial charge on any atom is -0.390 e. The van der Waals surface area contributed by atoms with Gasteiger partial charge in [0, 0.05) is 0 Å². The second kappa shape index (κ2) is 5.21. The fourth-order valence-electron chi connectivity index (χ4n) is 2.49. The number of nitrogens with zero attached hydrogens (tertiary/aromatic N) is 3. The fraction of sp³-hybridized carbons (Fsp3) is 0.429. The van der Waals surface area contributed by atoms with Gasteiger partial charge in [0.25, 0.3) is 0 Å². The molecule has 0 amide bonds. The molecular formula is C14H16ClN3O. The molecule has 0 spiro atoms. The Morgan fingerprint density at radius 1 is 1.37 bits per heavy atom. The molecule has 19 heavy (non-hydrogen) atoms. The van der Waals surface area contributed by atoms with Gasteiger partial charge in [-0.05, 0) is 18.6 Å². The van der Waals surface area contributed by atoms with Gasteiger partial charge in [0.15, 0.2) is 6.10 Å². The lowest BCUT2D eigenvalue weighted by atomic mass is 9.92. The van der Waals surface area contributed by atoms with Gasteiger partial charge in [-0.15, -0.1) is 11.6 Å². The summed E-state index contributed by atoms with van der Waals surface area (Å²) in [4.78, 5) is 5.41. The lowest BCUT2D eigenvalue weighted by molar-refractivity contribution is 0.0799. The van der Waals surface area contributed by atoms with Crippen molar-refractivity contribution in [2.75, 3.05) is 17.4 Å². The lowest BCUT2D eigenvalue weighted by Crippen LogP contribution is -2.43. The minimum atomic E-state index is -0.0417. The van der Waals surface area contributed by atoms with Crippen LogP contribution in [0.1, 0.15) is 13.3 Å². The van der Waals surface area contributed by atoms with Crippen LogP contribution in [0.15, 0.2) is 40.6 Å². The quantitative estimate of drug-likeness (QED) is 0.797. The Kier molecular flexibility index (Phi) is 3.42. The van der Waals surface area contributed by atoms with E-state index in [1.165, 1.54) is 0 Å². The van der Waals surface area contributed by atoms with Crippen molar-refractivity contribution < 1.29 is 4.84 Å². The van der Waals surface area contributed by atoms with E-state index in [1.54, 1.807) is 0 Å². The zero-order valence-corrected chi connectivity index (χ0v) is 11.5. The number of hydrazone groups is 1. The standard InChI is InChI=1S/C14H16ClN3O/c1-2-12-14-11(13(8-15)19-17-14)9-18(16-12)10-6-4-3-5-7-10/h3-7,11,13H,2,8-9H2,1H3. The van der Waals surface area contributed by atoms with Crippen LogP contribution >= 0.6 is 11.6 Å². The van der Waals surface area contributed by atoms with Gasteiger partial charge in [-0.2, -0.15) is 5.10 Å². The first-order valence-corrected chi connectivity index (χ1v) is 7.07. The van der Waals surface area contributed by atoms with E-state index in [0.717, 1.165) is 30.1 Å². The van der Waals surface area contributed by atoms with Crippen molar-refractivity contribution in [3.8, 4) is 0 Å². The summed E-state index contributed by atoms with van der Waals surface area (Å²) in [5.41, 5.74) is 3.06. The molecule has 0 saturated heterocycles. The second-order valence-corrected chi connectivity index (χ2v) is 5.01. The second-order valence-electron chi connectivity index (χ2n) is 4.70. The van der Waals surface area contributed by atoms with E-state index in [9.17, 15) is 0 Å². The maximum atomic E-state index is 5.96. The van der Waals surface area contributed by atoms with Crippen LogP contribution in [-0.4, -0.2) is 30.0 Å². The number of para-hydroxylation sites is 1. The molecule has 2 aliphatic rings. The number of rotatable bonds is 3. The van der Waals surface area contributed by atoms with Crippen molar-refractivity contribution in [2.24, 2.45) is 16.2 Å². The third-order valence-electron chi connectivity index (χ3n) is 3.53. The van der Waals surface area contributed by atoms with E-state index in [0.29, 0.717) is 5.88 Å². The number of alkyl halides is 1. The fourth-order valence-corrected chi connectivity index (χ4v) is 2.76. The Morgan fingerprint density at radius 2 is 2.16 bits per heavy atom. The Bertz CT molecular complexity index is 515. The highest BCUT2D eigenvalue weighted by molar-refractivity contribution is 6.44. The first kappa shape index (κ1) is 12.5. The van der Waals surface area contributed by atoms with E-state index in [-0.39, 0.29) is 12.0 Å². The Labute approximate surface area is 117 Å². The minimum absolute atomic E-state index is 0.0417. The first-order valence-electron chi connectivity index (χ1n) is 6.53. The first-order chi connectivity index (χ1) is 9.33. The third kappa shape index (κ3) is 2.21. The number of hydrogen-bond acceptors (Lipinski definition) is 4. The number of halogens is 1. The smallest absolute Gasteiger partial charge is 0.151 e. The molecular weight excluding hydrogens is 262 g/mol. The van der Waals surface area contributed by atoms with E-state index >= 15 is 0 Å². The van der Waals surface area contributed by atoms with Gasteiger partial charge in [0.05, 0.1) is 29.7 Å². The summed E-state index contributed by atoms with van der Waals surface area (Å²) in [5.74, 6) is 0.669. The van der Waals surface area contributed by atoms with Gasteiger partial charge >= 0.3 is 0 Å². The van der Waals surface area contributed by atoms with Crippen LogP contribution in [0.3, 0.4) is 0 Å². The van der Waals surface area contributed by atoms with Crippen LogP contribution in [0.5, 0.6) is 0 Å². The molecule has 0 saturated carbocycles. The van der Waals surface area contributed by atoms with E-state index in [2.05, 4.69) is 29.3 Å². The molecule has 5 heteroatoms. The third-order valence-corrected chi connectivity index (χ3v) is 3.84. The van der Waals surface area contributed by atoms with Crippen molar-refractivity contribution in [3.63, 3.8) is 0 Å². The van der Waals surface area contributed by atoms with Crippen molar-refractivity contribution in [2.45, 2.75) is 19.4 Å². The van der Waals surface area contributed by atoms with Crippen molar-refractivity contribution >= 4 is 28.7 Å². The molecule has 2 aliphatic heterocycles. The van der Waals surface area contributed by atoms with Gasteiger partial charge < -0.3 is 4.84 Å². The molecule has 100 valence electrons. The normalized spacial score (nSPS) is 25.5. The Morgan fingerprint density at radius 3 is 2.84 bits per heavy atom. The largest absolute Gasteiger partial charge is 0.390 e. The van der Waals surface area contributed by atoms with Gasteiger partial charge in [0.2, 0.25) is 0 Å². The summed E-state index contributed by atoms with van der Waals surface area (Å²) in [7, 11) is 0. The topological polar surface area (TPSA) is 37.2 Å². The molecule has 0 fully saturated rings. The molecule has 1 aromatic rings. The SMILES string of the molecule is CCC1=NN(c2ccccc2)CC2C1=NOC2CCl.